The van der Waals surface area contributed by atoms with E-state index in [2.05, 4.69) is 4.90 Å². The van der Waals surface area contributed by atoms with Gasteiger partial charge in [-0.25, -0.2) is 17.2 Å². The number of carbonyl (C=O) groups is 1. The van der Waals surface area contributed by atoms with Gasteiger partial charge in [0.25, 0.3) is 5.91 Å². The first-order valence-corrected chi connectivity index (χ1v) is 10.9. The van der Waals surface area contributed by atoms with Crippen LogP contribution < -0.4 is 0 Å². The Morgan fingerprint density at radius 2 is 1.71 bits per heavy atom. The SMILES string of the molecule is CS(=O)(=O)c1cccc(C(=O)N2CCCN(Cc3cc(F)cc(F)c3)CC2)c1. The molecule has 1 fully saturated rings. The fraction of sp³-hybridized carbons (Fsp3) is 0.350. The number of benzene rings is 2. The Kier molecular flexibility index (Phi) is 6.10. The van der Waals surface area contributed by atoms with Crippen LogP contribution in [0.15, 0.2) is 47.4 Å². The lowest BCUT2D eigenvalue weighted by molar-refractivity contribution is 0.0761. The first-order valence-electron chi connectivity index (χ1n) is 8.99. The molecule has 1 aliphatic rings. The van der Waals surface area contributed by atoms with Crippen molar-refractivity contribution in [3.63, 3.8) is 0 Å². The average molecular weight is 408 g/mol. The molecule has 2 aromatic carbocycles. The molecule has 0 saturated carbocycles. The predicted octanol–water partition coefficient (Wildman–Crippen LogP) is 2.72. The van der Waals surface area contributed by atoms with Gasteiger partial charge >= 0.3 is 0 Å². The van der Waals surface area contributed by atoms with Crippen molar-refractivity contribution in [2.24, 2.45) is 0 Å². The summed E-state index contributed by atoms with van der Waals surface area (Å²) in [6, 6.07) is 9.50. The standard InChI is InChI=1S/C20H22F2N2O3S/c1-28(26,27)19-5-2-4-16(12-19)20(25)24-7-3-6-23(8-9-24)14-15-10-17(21)13-18(22)11-15/h2,4-5,10-13H,3,6-9,14H2,1H3. The number of hydrogen-bond acceptors (Lipinski definition) is 4. The lowest BCUT2D eigenvalue weighted by Crippen LogP contribution is -2.35. The molecule has 0 unspecified atom stereocenters. The summed E-state index contributed by atoms with van der Waals surface area (Å²) in [4.78, 5) is 16.7. The first-order chi connectivity index (χ1) is 13.2. The minimum atomic E-state index is -3.39. The van der Waals surface area contributed by atoms with Crippen LogP contribution in [0.2, 0.25) is 0 Å². The van der Waals surface area contributed by atoms with E-state index in [1.54, 1.807) is 17.0 Å². The summed E-state index contributed by atoms with van der Waals surface area (Å²) >= 11 is 0. The molecule has 0 radical (unpaired) electrons. The van der Waals surface area contributed by atoms with Crippen molar-refractivity contribution in [1.82, 2.24) is 9.80 Å². The number of rotatable bonds is 4. The molecule has 1 amide bonds. The van der Waals surface area contributed by atoms with Crippen LogP contribution in [-0.2, 0) is 16.4 Å². The van der Waals surface area contributed by atoms with Gasteiger partial charge in [-0.05, 0) is 42.3 Å². The largest absolute Gasteiger partial charge is 0.337 e. The third-order valence-electron chi connectivity index (χ3n) is 4.71. The topological polar surface area (TPSA) is 57.7 Å². The van der Waals surface area contributed by atoms with Gasteiger partial charge < -0.3 is 4.90 Å². The third kappa shape index (κ3) is 5.14. The second kappa shape index (κ2) is 8.36. The third-order valence-corrected chi connectivity index (χ3v) is 5.82. The minimum Gasteiger partial charge on any atom is -0.337 e. The van der Waals surface area contributed by atoms with E-state index >= 15 is 0 Å². The highest BCUT2D eigenvalue weighted by atomic mass is 32.2. The summed E-state index contributed by atoms with van der Waals surface area (Å²) in [6.45, 7) is 2.66. The Balaban J connectivity index is 1.67. The van der Waals surface area contributed by atoms with Gasteiger partial charge in [-0.3, -0.25) is 9.69 Å². The van der Waals surface area contributed by atoms with Crippen LogP contribution in [0, 0.1) is 11.6 Å². The fourth-order valence-corrected chi connectivity index (χ4v) is 4.00. The molecule has 28 heavy (non-hydrogen) atoms. The van der Waals surface area contributed by atoms with E-state index in [1.807, 2.05) is 0 Å². The van der Waals surface area contributed by atoms with E-state index in [4.69, 9.17) is 0 Å². The normalized spacial score (nSPS) is 16.0. The van der Waals surface area contributed by atoms with Crippen molar-refractivity contribution in [1.29, 1.82) is 0 Å². The molecule has 8 heteroatoms. The zero-order chi connectivity index (χ0) is 20.3. The Bertz CT molecular complexity index is 959. The van der Waals surface area contributed by atoms with E-state index in [1.165, 1.54) is 24.3 Å². The molecule has 0 atom stereocenters. The summed E-state index contributed by atoms with van der Waals surface area (Å²) in [5.74, 6) is -1.43. The Labute approximate surface area is 163 Å². The van der Waals surface area contributed by atoms with E-state index in [0.717, 1.165) is 18.7 Å². The molecule has 2 aromatic rings. The maximum absolute atomic E-state index is 13.4. The molecule has 5 nitrogen and oxygen atoms in total. The van der Waals surface area contributed by atoms with Crippen molar-refractivity contribution in [2.75, 3.05) is 32.4 Å². The maximum atomic E-state index is 13.4. The summed E-state index contributed by atoms with van der Waals surface area (Å²) < 4.78 is 50.2. The summed E-state index contributed by atoms with van der Waals surface area (Å²) in [6.07, 6.45) is 1.82. The highest BCUT2D eigenvalue weighted by molar-refractivity contribution is 7.90. The molecular formula is C20H22F2N2O3S. The van der Waals surface area contributed by atoms with E-state index in [-0.39, 0.29) is 10.8 Å². The molecule has 1 heterocycles. The van der Waals surface area contributed by atoms with Gasteiger partial charge in [0, 0.05) is 50.6 Å². The second-order valence-electron chi connectivity index (χ2n) is 7.00. The predicted molar refractivity (Wildman–Crippen MR) is 102 cm³/mol. The van der Waals surface area contributed by atoms with Crippen molar-refractivity contribution >= 4 is 15.7 Å². The van der Waals surface area contributed by atoms with Crippen molar-refractivity contribution in [3.05, 3.63) is 65.2 Å². The number of halogens is 2. The molecular weight excluding hydrogens is 386 g/mol. The molecule has 0 aromatic heterocycles. The Hall–Kier alpha value is -2.32. The number of amides is 1. The van der Waals surface area contributed by atoms with Gasteiger partial charge in [0.05, 0.1) is 4.90 Å². The molecule has 0 bridgehead atoms. The van der Waals surface area contributed by atoms with Gasteiger partial charge in [-0.1, -0.05) is 6.07 Å². The van der Waals surface area contributed by atoms with Crippen LogP contribution >= 0.6 is 0 Å². The van der Waals surface area contributed by atoms with Crippen LogP contribution in [0.3, 0.4) is 0 Å². The monoisotopic (exact) mass is 408 g/mol. The van der Waals surface area contributed by atoms with E-state index < -0.39 is 21.5 Å². The zero-order valence-electron chi connectivity index (χ0n) is 15.6. The molecule has 1 saturated heterocycles. The smallest absolute Gasteiger partial charge is 0.253 e. The highest BCUT2D eigenvalue weighted by Gasteiger charge is 2.21. The van der Waals surface area contributed by atoms with Gasteiger partial charge in [-0.15, -0.1) is 0 Å². The summed E-state index contributed by atoms with van der Waals surface area (Å²) in [5, 5.41) is 0. The zero-order valence-corrected chi connectivity index (χ0v) is 16.4. The first kappa shape index (κ1) is 20.4. The van der Waals surface area contributed by atoms with Gasteiger partial charge in [-0.2, -0.15) is 0 Å². The van der Waals surface area contributed by atoms with Crippen molar-refractivity contribution < 1.29 is 22.0 Å². The Morgan fingerprint density at radius 1 is 1.00 bits per heavy atom. The van der Waals surface area contributed by atoms with Crippen molar-refractivity contribution in [2.45, 2.75) is 17.9 Å². The minimum absolute atomic E-state index is 0.114. The molecule has 0 aliphatic carbocycles. The van der Waals surface area contributed by atoms with Gasteiger partial charge in [0.1, 0.15) is 11.6 Å². The number of sulfone groups is 1. The average Bonchev–Trinajstić information content (AvgIpc) is 2.85. The van der Waals surface area contributed by atoms with Crippen LogP contribution in [-0.4, -0.2) is 56.6 Å². The molecule has 150 valence electrons. The molecule has 1 aliphatic heterocycles. The number of nitrogens with zero attached hydrogens (tertiary/aromatic N) is 2. The van der Waals surface area contributed by atoms with Crippen LogP contribution in [0.5, 0.6) is 0 Å². The molecule has 0 N–H and O–H groups in total. The summed E-state index contributed by atoms with van der Waals surface area (Å²) in [5.41, 5.74) is 0.890. The van der Waals surface area contributed by atoms with Gasteiger partial charge in [0.15, 0.2) is 9.84 Å². The van der Waals surface area contributed by atoms with Crippen LogP contribution in [0.4, 0.5) is 8.78 Å². The van der Waals surface area contributed by atoms with E-state index in [0.29, 0.717) is 43.9 Å². The van der Waals surface area contributed by atoms with Crippen molar-refractivity contribution in [3.8, 4) is 0 Å². The highest BCUT2D eigenvalue weighted by Crippen LogP contribution is 2.16. The molecule has 3 rings (SSSR count). The maximum Gasteiger partial charge on any atom is 0.253 e. The Morgan fingerprint density at radius 3 is 2.39 bits per heavy atom. The molecule has 0 spiro atoms. The van der Waals surface area contributed by atoms with E-state index in [9.17, 15) is 22.0 Å². The summed E-state index contributed by atoms with van der Waals surface area (Å²) in [7, 11) is -3.39. The lowest BCUT2D eigenvalue weighted by atomic mass is 10.2. The quantitative estimate of drug-likeness (QED) is 0.781. The second-order valence-corrected chi connectivity index (χ2v) is 9.02. The number of carbonyl (C=O) groups excluding carboxylic acids is 1. The fourth-order valence-electron chi connectivity index (χ4n) is 3.33. The van der Waals surface area contributed by atoms with Crippen LogP contribution in [0.1, 0.15) is 22.3 Å². The number of hydrogen-bond donors (Lipinski definition) is 0. The lowest BCUT2D eigenvalue weighted by Gasteiger charge is -2.22. The van der Waals surface area contributed by atoms with Gasteiger partial charge in [0.2, 0.25) is 0 Å². The van der Waals surface area contributed by atoms with Crippen LogP contribution in [0.25, 0.3) is 0 Å².